The third-order valence-corrected chi connectivity index (χ3v) is 3.59. The lowest BCUT2D eigenvalue weighted by Gasteiger charge is -2.22. The van der Waals surface area contributed by atoms with E-state index in [-0.39, 0.29) is 11.9 Å². The summed E-state index contributed by atoms with van der Waals surface area (Å²) >= 11 is 0. The van der Waals surface area contributed by atoms with Gasteiger partial charge in [0.15, 0.2) is 0 Å². The lowest BCUT2D eigenvalue weighted by atomic mass is 9.91. The van der Waals surface area contributed by atoms with Crippen LogP contribution in [0.25, 0.3) is 0 Å². The molecule has 6 nitrogen and oxygen atoms in total. The monoisotopic (exact) mass is 304 g/mol. The van der Waals surface area contributed by atoms with E-state index in [1.165, 1.54) is 13.2 Å². The molecule has 22 heavy (non-hydrogen) atoms. The van der Waals surface area contributed by atoms with E-state index < -0.39 is 17.3 Å². The maximum Gasteiger partial charge on any atom is 0.337 e. The first-order valence-electron chi connectivity index (χ1n) is 7.15. The highest BCUT2D eigenvalue weighted by molar-refractivity contribution is 6.10. The van der Waals surface area contributed by atoms with Gasteiger partial charge < -0.3 is 15.4 Å². The number of esters is 1. The molecule has 2 rings (SSSR count). The summed E-state index contributed by atoms with van der Waals surface area (Å²) in [6.07, 6.45) is 1.93. The molecule has 118 valence electrons. The van der Waals surface area contributed by atoms with Crippen molar-refractivity contribution in [2.45, 2.75) is 32.7 Å². The lowest BCUT2D eigenvalue weighted by Crippen LogP contribution is -2.45. The fourth-order valence-electron chi connectivity index (χ4n) is 1.83. The van der Waals surface area contributed by atoms with Gasteiger partial charge in [0, 0.05) is 11.7 Å². The Morgan fingerprint density at radius 1 is 1.18 bits per heavy atom. The number of carbonyl (C=O) groups excluding carboxylic acids is 3. The van der Waals surface area contributed by atoms with Crippen LogP contribution >= 0.6 is 0 Å². The Morgan fingerprint density at radius 2 is 1.86 bits per heavy atom. The fourth-order valence-corrected chi connectivity index (χ4v) is 1.83. The van der Waals surface area contributed by atoms with Crippen LogP contribution in [0.15, 0.2) is 24.3 Å². The van der Waals surface area contributed by atoms with Crippen molar-refractivity contribution in [1.82, 2.24) is 5.32 Å². The lowest BCUT2D eigenvalue weighted by molar-refractivity contribution is -0.138. The molecular weight excluding hydrogens is 284 g/mol. The molecule has 2 amide bonds. The van der Waals surface area contributed by atoms with E-state index in [1.807, 2.05) is 0 Å². The van der Waals surface area contributed by atoms with Crippen LogP contribution in [0.5, 0.6) is 0 Å². The Balaban J connectivity index is 2.06. The minimum atomic E-state index is -1.19. The van der Waals surface area contributed by atoms with Gasteiger partial charge in [-0.15, -0.1) is 0 Å². The Hall–Kier alpha value is -2.37. The quantitative estimate of drug-likeness (QED) is 0.641. The van der Waals surface area contributed by atoms with Crippen molar-refractivity contribution in [3.05, 3.63) is 29.8 Å². The minimum absolute atomic E-state index is 0.197. The zero-order valence-corrected chi connectivity index (χ0v) is 12.9. The predicted molar refractivity (Wildman–Crippen MR) is 81.4 cm³/mol. The van der Waals surface area contributed by atoms with Gasteiger partial charge in [-0.2, -0.15) is 0 Å². The van der Waals surface area contributed by atoms with Gasteiger partial charge in [0.25, 0.3) is 0 Å². The summed E-state index contributed by atoms with van der Waals surface area (Å²) < 4.78 is 4.64. The van der Waals surface area contributed by atoms with Crippen LogP contribution in [0.4, 0.5) is 5.69 Å². The van der Waals surface area contributed by atoms with E-state index in [9.17, 15) is 14.4 Å². The molecule has 0 spiro atoms. The predicted octanol–water partition coefficient (Wildman–Crippen LogP) is 1.72. The molecule has 0 radical (unpaired) electrons. The van der Waals surface area contributed by atoms with Crippen molar-refractivity contribution < 1.29 is 19.1 Å². The third kappa shape index (κ3) is 3.63. The molecule has 0 atom stereocenters. The summed E-state index contributed by atoms with van der Waals surface area (Å²) in [5.74, 6) is -1.20. The second-order valence-electron chi connectivity index (χ2n) is 5.90. The van der Waals surface area contributed by atoms with Crippen molar-refractivity contribution >= 4 is 23.5 Å². The van der Waals surface area contributed by atoms with Crippen LogP contribution in [0.3, 0.4) is 0 Å². The van der Waals surface area contributed by atoms with Crippen LogP contribution in [-0.4, -0.2) is 30.9 Å². The Morgan fingerprint density at radius 3 is 2.45 bits per heavy atom. The average Bonchev–Trinajstić information content (AvgIpc) is 3.30. The second-order valence-corrected chi connectivity index (χ2v) is 5.90. The molecule has 0 bridgehead atoms. The SMILES string of the molecule is COC(=O)c1cccc(NC(=O)C(C)(C)C(=O)NC2CC2)c1. The molecule has 1 aromatic rings. The van der Waals surface area contributed by atoms with E-state index >= 15 is 0 Å². The van der Waals surface area contributed by atoms with Crippen molar-refractivity contribution in [2.75, 3.05) is 12.4 Å². The van der Waals surface area contributed by atoms with Crippen molar-refractivity contribution in [3.8, 4) is 0 Å². The number of hydrogen-bond acceptors (Lipinski definition) is 4. The van der Waals surface area contributed by atoms with Crippen molar-refractivity contribution in [1.29, 1.82) is 0 Å². The van der Waals surface area contributed by atoms with Gasteiger partial charge >= 0.3 is 5.97 Å². The zero-order chi connectivity index (χ0) is 16.3. The minimum Gasteiger partial charge on any atom is -0.465 e. The van der Waals surface area contributed by atoms with Crippen LogP contribution in [0.2, 0.25) is 0 Å². The number of benzene rings is 1. The molecule has 0 aromatic heterocycles. The van der Waals surface area contributed by atoms with E-state index in [2.05, 4.69) is 15.4 Å². The number of rotatable bonds is 5. The number of hydrogen-bond donors (Lipinski definition) is 2. The van der Waals surface area contributed by atoms with Gasteiger partial charge in [0.1, 0.15) is 5.41 Å². The van der Waals surface area contributed by atoms with Gasteiger partial charge in [-0.1, -0.05) is 6.07 Å². The molecule has 2 N–H and O–H groups in total. The molecule has 0 unspecified atom stereocenters. The molecule has 1 aliphatic carbocycles. The summed E-state index contributed by atoms with van der Waals surface area (Å²) in [6.45, 7) is 3.15. The largest absolute Gasteiger partial charge is 0.465 e. The standard InChI is InChI=1S/C16H20N2O4/c1-16(2,14(20)17-11-7-8-11)15(21)18-12-6-4-5-10(9-12)13(19)22-3/h4-6,9,11H,7-8H2,1-3H3,(H,17,20)(H,18,21). The molecule has 0 saturated heterocycles. The molecule has 0 aliphatic heterocycles. The van der Waals surface area contributed by atoms with Gasteiger partial charge in [0.05, 0.1) is 12.7 Å². The van der Waals surface area contributed by atoms with Crippen molar-refractivity contribution in [2.24, 2.45) is 5.41 Å². The molecule has 0 heterocycles. The van der Waals surface area contributed by atoms with Crippen molar-refractivity contribution in [3.63, 3.8) is 0 Å². The fraction of sp³-hybridized carbons (Fsp3) is 0.438. The third-order valence-electron chi connectivity index (χ3n) is 3.59. The Bertz CT molecular complexity index is 606. The first-order chi connectivity index (χ1) is 10.3. The number of amides is 2. The molecule has 6 heteroatoms. The van der Waals surface area contributed by atoms with Crippen LogP contribution in [0.1, 0.15) is 37.0 Å². The number of ether oxygens (including phenoxy) is 1. The molecule has 1 fully saturated rings. The summed E-state index contributed by atoms with van der Waals surface area (Å²) in [5.41, 5.74) is -0.412. The van der Waals surface area contributed by atoms with Crippen LogP contribution < -0.4 is 10.6 Å². The van der Waals surface area contributed by atoms with Crippen LogP contribution in [-0.2, 0) is 14.3 Å². The Kier molecular flexibility index (Phi) is 4.49. The van der Waals surface area contributed by atoms with E-state index in [0.717, 1.165) is 12.8 Å². The highest BCUT2D eigenvalue weighted by Gasteiger charge is 2.38. The number of nitrogens with one attached hydrogen (secondary N) is 2. The van der Waals surface area contributed by atoms with E-state index in [4.69, 9.17) is 0 Å². The summed E-state index contributed by atoms with van der Waals surface area (Å²) in [6, 6.07) is 6.59. The van der Waals surface area contributed by atoms with E-state index in [0.29, 0.717) is 11.3 Å². The molecule has 1 saturated carbocycles. The zero-order valence-electron chi connectivity index (χ0n) is 12.9. The number of methoxy groups -OCH3 is 1. The second kappa shape index (κ2) is 6.17. The number of carbonyl (C=O) groups is 3. The summed E-state index contributed by atoms with van der Waals surface area (Å²) in [4.78, 5) is 35.9. The molecule has 1 aromatic carbocycles. The molecular formula is C16H20N2O4. The topological polar surface area (TPSA) is 84.5 Å². The summed E-state index contributed by atoms with van der Waals surface area (Å²) in [5, 5.41) is 5.49. The summed E-state index contributed by atoms with van der Waals surface area (Å²) in [7, 11) is 1.29. The first kappa shape index (κ1) is 16.0. The maximum absolute atomic E-state index is 12.3. The van der Waals surface area contributed by atoms with Crippen LogP contribution in [0, 0.1) is 5.41 Å². The number of anilines is 1. The van der Waals surface area contributed by atoms with Gasteiger partial charge in [-0.25, -0.2) is 4.79 Å². The highest BCUT2D eigenvalue weighted by atomic mass is 16.5. The van der Waals surface area contributed by atoms with Gasteiger partial charge in [0.2, 0.25) is 11.8 Å². The normalized spacial score (nSPS) is 14.1. The average molecular weight is 304 g/mol. The van der Waals surface area contributed by atoms with E-state index in [1.54, 1.807) is 32.0 Å². The van der Waals surface area contributed by atoms with Gasteiger partial charge in [-0.3, -0.25) is 9.59 Å². The highest BCUT2D eigenvalue weighted by Crippen LogP contribution is 2.24. The molecule has 1 aliphatic rings. The Labute approximate surface area is 129 Å². The smallest absolute Gasteiger partial charge is 0.337 e. The van der Waals surface area contributed by atoms with Gasteiger partial charge in [-0.05, 0) is 44.9 Å². The first-order valence-corrected chi connectivity index (χ1v) is 7.15. The maximum atomic E-state index is 12.3.